The summed E-state index contributed by atoms with van der Waals surface area (Å²) in [6.45, 7) is 0. The number of methoxy groups -OCH3 is 3. The molecule has 0 atom stereocenters. The van der Waals surface area contributed by atoms with Crippen molar-refractivity contribution in [2.24, 2.45) is 0 Å². The zero-order chi connectivity index (χ0) is 13.5. The summed E-state index contributed by atoms with van der Waals surface area (Å²) >= 11 is 0. The van der Waals surface area contributed by atoms with Gasteiger partial charge in [0.1, 0.15) is 5.75 Å². The van der Waals surface area contributed by atoms with E-state index in [1.165, 1.54) is 33.5 Å². The minimum absolute atomic E-state index is 0.317. The molecule has 0 amide bonds. The molecule has 0 aliphatic carbocycles. The van der Waals surface area contributed by atoms with Gasteiger partial charge in [-0.3, -0.25) is 0 Å². The van der Waals surface area contributed by atoms with E-state index < -0.39 is 11.9 Å². The Labute approximate surface area is 105 Å². The van der Waals surface area contributed by atoms with Crippen LogP contribution in [-0.4, -0.2) is 33.3 Å². The fraction of sp³-hybridized carbons (Fsp3) is 0.231. The summed E-state index contributed by atoms with van der Waals surface area (Å²) in [6, 6.07) is 4.89. The fourth-order valence-corrected chi connectivity index (χ4v) is 1.32. The van der Waals surface area contributed by atoms with Gasteiger partial charge in [0.25, 0.3) is 0 Å². The van der Waals surface area contributed by atoms with Crippen molar-refractivity contribution in [1.29, 1.82) is 0 Å². The van der Waals surface area contributed by atoms with E-state index >= 15 is 0 Å². The van der Waals surface area contributed by atoms with Crippen LogP contribution in [0.3, 0.4) is 0 Å². The van der Waals surface area contributed by atoms with Gasteiger partial charge in [-0.1, -0.05) is 6.07 Å². The zero-order valence-electron chi connectivity index (χ0n) is 10.4. The third kappa shape index (κ3) is 3.35. The van der Waals surface area contributed by atoms with E-state index in [2.05, 4.69) is 9.47 Å². The van der Waals surface area contributed by atoms with Crippen LogP contribution in [0.4, 0.5) is 0 Å². The first-order valence-corrected chi connectivity index (χ1v) is 5.14. The number of carbonyl (C=O) groups is 2. The van der Waals surface area contributed by atoms with Crippen molar-refractivity contribution in [3.8, 4) is 5.75 Å². The SMILES string of the molecule is COC(=O)C=Cc1ccc(OC)cc1C(=O)OC. The number of benzene rings is 1. The van der Waals surface area contributed by atoms with Gasteiger partial charge in [-0.2, -0.15) is 0 Å². The summed E-state index contributed by atoms with van der Waals surface area (Å²) in [5.74, 6) is -0.467. The maximum atomic E-state index is 11.6. The maximum absolute atomic E-state index is 11.6. The molecule has 0 saturated heterocycles. The second-order valence-electron chi connectivity index (χ2n) is 3.30. The lowest BCUT2D eigenvalue weighted by molar-refractivity contribution is -0.134. The average molecular weight is 250 g/mol. The van der Waals surface area contributed by atoms with Crippen molar-refractivity contribution in [3.63, 3.8) is 0 Å². The van der Waals surface area contributed by atoms with E-state index in [9.17, 15) is 9.59 Å². The molecule has 0 fully saturated rings. The van der Waals surface area contributed by atoms with E-state index in [0.717, 1.165) is 0 Å². The summed E-state index contributed by atoms with van der Waals surface area (Å²) in [5.41, 5.74) is 0.866. The van der Waals surface area contributed by atoms with Gasteiger partial charge in [0.2, 0.25) is 0 Å². The van der Waals surface area contributed by atoms with Crippen LogP contribution in [0.25, 0.3) is 6.08 Å². The molecule has 0 heterocycles. The van der Waals surface area contributed by atoms with Crippen molar-refractivity contribution in [2.75, 3.05) is 21.3 Å². The highest BCUT2D eigenvalue weighted by atomic mass is 16.5. The molecule has 0 aliphatic heterocycles. The third-order valence-corrected chi connectivity index (χ3v) is 2.27. The summed E-state index contributed by atoms with van der Waals surface area (Å²) in [6.07, 6.45) is 2.71. The largest absolute Gasteiger partial charge is 0.497 e. The summed E-state index contributed by atoms with van der Waals surface area (Å²) in [4.78, 5) is 22.6. The number of hydrogen-bond acceptors (Lipinski definition) is 5. The lowest BCUT2D eigenvalue weighted by Crippen LogP contribution is -2.04. The average Bonchev–Trinajstić information content (AvgIpc) is 2.43. The molecule has 0 spiro atoms. The van der Waals surface area contributed by atoms with Crippen LogP contribution in [0.15, 0.2) is 24.3 Å². The number of rotatable bonds is 4. The van der Waals surface area contributed by atoms with Crippen molar-refractivity contribution in [1.82, 2.24) is 0 Å². The monoisotopic (exact) mass is 250 g/mol. The molecule has 0 radical (unpaired) electrons. The van der Waals surface area contributed by atoms with Gasteiger partial charge in [-0.05, 0) is 23.8 Å². The molecule has 1 aromatic carbocycles. The summed E-state index contributed by atoms with van der Waals surface area (Å²) < 4.78 is 14.2. The minimum atomic E-state index is -0.501. The number of carbonyl (C=O) groups excluding carboxylic acids is 2. The first-order valence-electron chi connectivity index (χ1n) is 5.14. The second-order valence-corrected chi connectivity index (χ2v) is 3.30. The Morgan fingerprint density at radius 2 is 1.83 bits per heavy atom. The number of hydrogen-bond donors (Lipinski definition) is 0. The predicted molar refractivity (Wildman–Crippen MR) is 65.4 cm³/mol. The predicted octanol–water partition coefficient (Wildman–Crippen LogP) is 1.67. The Balaban J connectivity index is 3.14. The van der Waals surface area contributed by atoms with E-state index in [4.69, 9.17) is 4.74 Å². The Kier molecular flexibility index (Phi) is 4.92. The van der Waals surface area contributed by atoms with Crippen LogP contribution in [0.5, 0.6) is 5.75 Å². The molecule has 0 aliphatic rings. The van der Waals surface area contributed by atoms with Crippen LogP contribution in [0.1, 0.15) is 15.9 Å². The highest BCUT2D eigenvalue weighted by Crippen LogP contribution is 2.19. The Bertz CT molecular complexity index is 476. The molecule has 0 saturated carbocycles. The van der Waals surface area contributed by atoms with Crippen molar-refractivity contribution in [2.45, 2.75) is 0 Å². The van der Waals surface area contributed by atoms with Crippen molar-refractivity contribution < 1.29 is 23.8 Å². The second kappa shape index (κ2) is 6.44. The molecule has 0 bridgehead atoms. The van der Waals surface area contributed by atoms with Gasteiger partial charge in [-0.25, -0.2) is 9.59 Å². The maximum Gasteiger partial charge on any atom is 0.338 e. The molecule has 0 aromatic heterocycles. The summed E-state index contributed by atoms with van der Waals surface area (Å²) in [5, 5.41) is 0. The first kappa shape index (κ1) is 13.8. The highest BCUT2D eigenvalue weighted by molar-refractivity contribution is 5.96. The molecule has 0 N–H and O–H groups in total. The molecule has 18 heavy (non-hydrogen) atoms. The lowest BCUT2D eigenvalue weighted by Gasteiger charge is -2.06. The highest BCUT2D eigenvalue weighted by Gasteiger charge is 2.11. The summed E-state index contributed by atoms with van der Waals surface area (Å²) in [7, 11) is 4.07. The number of esters is 2. The molecule has 96 valence electrons. The van der Waals surface area contributed by atoms with Gasteiger partial charge in [0, 0.05) is 6.08 Å². The van der Waals surface area contributed by atoms with Gasteiger partial charge < -0.3 is 14.2 Å². The smallest absolute Gasteiger partial charge is 0.338 e. The molecular weight excluding hydrogens is 236 g/mol. The Morgan fingerprint density at radius 1 is 1.11 bits per heavy atom. The normalized spacial score (nSPS) is 10.2. The minimum Gasteiger partial charge on any atom is -0.497 e. The van der Waals surface area contributed by atoms with Crippen LogP contribution in [-0.2, 0) is 14.3 Å². The fourth-order valence-electron chi connectivity index (χ4n) is 1.32. The van der Waals surface area contributed by atoms with E-state index in [0.29, 0.717) is 16.9 Å². The number of ether oxygens (including phenoxy) is 3. The molecule has 1 rings (SSSR count). The molecular formula is C13H14O5. The topological polar surface area (TPSA) is 61.8 Å². The third-order valence-electron chi connectivity index (χ3n) is 2.27. The quantitative estimate of drug-likeness (QED) is 0.601. The van der Waals surface area contributed by atoms with E-state index in [1.807, 2.05) is 0 Å². The Hall–Kier alpha value is -2.30. The van der Waals surface area contributed by atoms with E-state index in [-0.39, 0.29) is 0 Å². The van der Waals surface area contributed by atoms with Gasteiger partial charge in [-0.15, -0.1) is 0 Å². The standard InChI is InChI=1S/C13H14O5/c1-16-10-6-4-9(5-7-12(14)17-2)11(8-10)13(15)18-3/h4-8H,1-3H3. The van der Waals surface area contributed by atoms with Crippen LogP contribution in [0, 0.1) is 0 Å². The van der Waals surface area contributed by atoms with Crippen LogP contribution < -0.4 is 4.74 Å². The lowest BCUT2D eigenvalue weighted by atomic mass is 10.1. The van der Waals surface area contributed by atoms with Crippen LogP contribution in [0.2, 0.25) is 0 Å². The van der Waals surface area contributed by atoms with Gasteiger partial charge >= 0.3 is 11.9 Å². The molecule has 1 aromatic rings. The van der Waals surface area contributed by atoms with Crippen LogP contribution >= 0.6 is 0 Å². The zero-order valence-corrected chi connectivity index (χ0v) is 10.4. The Morgan fingerprint density at radius 3 is 2.39 bits per heavy atom. The van der Waals surface area contributed by atoms with E-state index in [1.54, 1.807) is 18.2 Å². The van der Waals surface area contributed by atoms with Gasteiger partial charge in [0.05, 0.1) is 26.9 Å². The van der Waals surface area contributed by atoms with Crippen molar-refractivity contribution >= 4 is 18.0 Å². The molecule has 0 unspecified atom stereocenters. The van der Waals surface area contributed by atoms with Gasteiger partial charge in [0.15, 0.2) is 0 Å². The molecule has 5 nitrogen and oxygen atoms in total. The molecule has 5 heteroatoms. The first-order chi connectivity index (χ1) is 8.62. The van der Waals surface area contributed by atoms with Crippen molar-refractivity contribution in [3.05, 3.63) is 35.4 Å².